The molecule has 186 valence electrons. The third-order valence-corrected chi connectivity index (χ3v) is 8.42. The number of esters is 1. The summed E-state index contributed by atoms with van der Waals surface area (Å²) in [7, 11) is -4.13. The van der Waals surface area contributed by atoms with Gasteiger partial charge < -0.3 is 10.1 Å². The molecule has 4 rings (SSSR count). The standard InChI is InChI=1S/C25H22FN3O5S2/c1-15-12-16(26)10-11-22(15)36(32,33)29-20-8-4-2-7-18(20)25(31)34-14-23(30)28-24-19(13-27)17-6-3-5-9-21(17)35-24/h2,4,7-8,10-12,29H,3,5-6,9,14H2,1H3,(H,28,30). The monoisotopic (exact) mass is 527 g/mol. The van der Waals surface area contributed by atoms with E-state index in [1.165, 1.54) is 42.5 Å². The number of nitrogens with zero attached hydrogens (tertiary/aromatic N) is 1. The molecular weight excluding hydrogens is 505 g/mol. The van der Waals surface area contributed by atoms with E-state index in [4.69, 9.17) is 4.74 Å². The van der Waals surface area contributed by atoms with E-state index in [0.717, 1.165) is 54.3 Å². The van der Waals surface area contributed by atoms with Crippen molar-refractivity contribution in [3.63, 3.8) is 0 Å². The highest BCUT2D eigenvalue weighted by atomic mass is 32.2. The van der Waals surface area contributed by atoms with Crippen molar-refractivity contribution >= 4 is 43.9 Å². The second-order valence-electron chi connectivity index (χ2n) is 8.21. The Kier molecular flexibility index (Phi) is 7.37. The summed E-state index contributed by atoms with van der Waals surface area (Å²) in [4.78, 5) is 26.1. The highest BCUT2D eigenvalue weighted by molar-refractivity contribution is 7.92. The van der Waals surface area contributed by atoms with Crippen molar-refractivity contribution in [2.75, 3.05) is 16.6 Å². The van der Waals surface area contributed by atoms with Crippen LogP contribution in [-0.4, -0.2) is 26.9 Å². The summed E-state index contributed by atoms with van der Waals surface area (Å²) in [5.41, 5.74) is 1.47. The summed E-state index contributed by atoms with van der Waals surface area (Å²) in [5.74, 6) is -2.10. The van der Waals surface area contributed by atoms with Crippen molar-refractivity contribution in [2.45, 2.75) is 37.5 Å². The largest absolute Gasteiger partial charge is 0.452 e. The summed E-state index contributed by atoms with van der Waals surface area (Å²) >= 11 is 1.36. The van der Waals surface area contributed by atoms with Crippen LogP contribution < -0.4 is 10.0 Å². The highest BCUT2D eigenvalue weighted by Crippen LogP contribution is 2.37. The molecule has 1 heterocycles. The van der Waals surface area contributed by atoms with Gasteiger partial charge in [0.1, 0.15) is 16.9 Å². The molecule has 2 aromatic carbocycles. The van der Waals surface area contributed by atoms with Crippen LogP contribution in [0.5, 0.6) is 0 Å². The maximum Gasteiger partial charge on any atom is 0.340 e. The van der Waals surface area contributed by atoms with E-state index in [2.05, 4.69) is 16.1 Å². The number of carbonyl (C=O) groups is 2. The maximum absolute atomic E-state index is 13.4. The predicted molar refractivity (Wildman–Crippen MR) is 133 cm³/mol. The third kappa shape index (κ3) is 5.40. The van der Waals surface area contributed by atoms with E-state index in [-0.39, 0.29) is 21.7 Å². The van der Waals surface area contributed by atoms with Gasteiger partial charge in [0.25, 0.3) is 15.9 Å². The third-order valence-electron chi connectivity index (χ3n) is 5.69. The SMILES string of the molecule is Cc1cc(F)ccc1S(=O)(=O)Nc1ccccc1C(=O)OCC(=O)Nc1sc2c(c1C#N)CCCC2. The van der Waals surface area contributed by atoms with Crippen LogP contribution in [0.2, 0.25) is 0 Å². The Morgan fingerprint density at radius 1 is 1.17 bits per heavy atom. The number of nitrogens with one attached hydrogen (secondary N) is 2. The Bertz CT molecular complexity index is 1490. The number of hydrogen-bond acceptors (Lipinski definition) is 7. The van der Waals surface area contributed by atoms with Gasteiger partial charge in [0.2, 0.25) is 0 Å². The van der Waals surface area contributed by atoms with Crippen LogP contribution in [0.3, 0.4) is 0 Å². The number of ether oxygens (including phenoxy) is 1. The van der Waals surface area contributed by atoms with Gasteiger partial charge >= 0.3 is 5.97 Å². The van der Waals surface area contributed by atoms with E-state index in [9.17, 15) is 27.7 Å². The minimum Gasteiger partial charge on any atom is -0.452 e. The van der Waals surface area contributed by atoms with Crippen LogP contribution in [-0.2, 0) is 32.4 Å². The Morgan fingerprint density at radius 3 is 2.67 bits per heavy atom. The molecule has 11 heteroatoms. The summed E-state index contributed by atoms with van der Waals surface area (Å²) in [6.07, 6.45) is 3.69. The van der Waals surface area contributed by atoms with Crippen molar-refractivity contribution in [3.8, 4) is 6.07 Å². The number of benzene rings is 2. The molecule has 1 aliphatic rings. The number of nitriles is 1. The van der Waals surface area contributed by atoms with Gasteiger partial charge in [0.15, 0.2) is 6.61 Å². The second-order valence-corrected chi connectivity index (χ2v) is 11.0. The normalized spacial score (nSPS) is 12.8. The minimum atomic E-state index is -4.13. The number of sulfonamides is 1. The fourth-order valence-corrected chi connectivity index (χ4v) is 6.57. The molecular formula is C25H22FN3O5S2. The van der Waals surface area contributed by atoms with Gasteiger partial charge in [-0.05, 0) is 74.1 Å². The van der Waals surface area contributed by atoms with Crippen LogP contribution in [0.25, 0.3) is 0 Å². The Morgan fingerprint density at radius 2 is 1.92 bits per heavy atom. The summed E-state index contributed by atoms with van der Waals surface area (Å²) < 4.78 is 46.5. The average Bonchev–Trinajstić information content (AvgIpc) is 3.19. The van der Waals surface area contributed by atoms with Crippen LogP contribution in [0.4, 0.5) is 15.1 Å². The fourth-order valence-electron chi connectivity index (χ4n) is 4.01. The van der Waals surface area contributed by atoms with Crippen LogP contribution in [0.15, 0.2) is 47.4 Å². The van der Waals surface area contributed by atoms with E-state index >= 15 is 0 Å². The second kappa shape index (κ2) is 10.5. The zero-order valence-electron chi connectivity index (χ0n) is 19.3. The van der Waals surface area contributed by atoms with Crippen LogP contribution >= 0.6 is 11.3 Å². The Balaban J connectivity index is 1.45. The number of fused-ring (bicyclic) bond motifs is 1. The molecule has 0 aliphatic heterocycles. The summed E-state index contributed by atoms with van der Waals surface area (Å²) in [5, 5.41) is 12.6. The molecule has 8 nitrogen and oxygen atoms in total. The first-order chi connectivity index (χ1) is 17.2. The van der Waals surface area contributed by atoms with E-state index < -0.39 is 34.3 Å². The average molecular weight is 528 g/mol. The van der Waals surface area contributed by atoms with E-state index in [1.807, 2.05) is 0 Å². The quantitative estimate of drug-likeness (QED) is 0.435. The fraction of sp³-hybridized carbons (Fsp3) is 0.240. The molecule has 0 fully saturated rings. The van der Waals surface area contributed by atoms with Crippen LogP contribution in [0, 0.1) is 24.1 Å². The molecule has 0 saturated carbocycles. The van der Waals surface area contributed by atoms with Crippen molar-refractivity contribution in [1.29, 1.82) is 5.26 Å². The van der Waals surface area contributed by atoms with E-state index in [1.54, 1.807) is 0 Å². The zero-order valence-corrected chi connectivity index (χ0v) is 20.9. The molecule has 0 saturated heterocycles. The minimum absolute atomic E-state index is 0.0515. The van der Waals surface area contributed by atoms with Gasteiger partial charge in [-0.25, -0.2) is 17.6 Å². The maximum atomic E-state index is 13.4. The summed E-state index contributed by atoms with van der Waals surface area (Å²) in [6, 6.07) is 11.2. The number of amides is 1. The topological polar surface area (TPSA) is 125 Å². The smallest absolute Gasteiger partial charge is 0.340 e. The van der Waals surface area contributed by atoms with Gasteiger partial charge in [-0.2, -0.15) is 5.26 Å². The molecule has 2 N–H and O–H groups in total. The molecule has 1 aromatic heterocycles. The molecule has 0 atom stereocenters. The first kappa shape index (κ1) is 25.3. The number of aryl methyl sites for hydroxylation is 2. The number of para-hydroxylation sites is 1. The van der Waals surface area contributed by atoms with Crippen molar-refractivity contribution < 1.29 is 27.1 Å². The molecule has 0 bridgehead atoms. The number of thiophene rings is 1. The molecule has 0 unspecified atom stereocenters. The van der Waals surface area contributed by atoms with Crippen molar-refractivity contribution in [1.82, 2.24) is 0 Å². The lowest BCUT2D eigenvalue weighted by atomic mass is 9.96. The highest BCUT2D eigenvalue weighted by Gasteiger charge is 2.24. The molecule has 36 heavy (non-hydrogen) atoms. The number of carbonyl (C=O) groups excluding carboxylic acids is 2. The number of hydrogen-bond donors (Lipinski definition) is 2. The lowest BCUT2D eigenvalue weighted by Gasteiger charge is -2.13. The first-order valence-electron chi connectivity index (χ1n) is 11.1. The number of rotatable bonds is 7. The van der Waals surface area contributed by atoms with Crippen molar-refractivity contribution in [2.24, 2.45) is 0 Å². The van der Waals surface area contributed by atoms with Gasteiger partial charge in [0.05, 0.1) is 21.7 Å². The molecule has 1 aliphatic carbocycles. The lowest BCUT2D eigenvalue weighted by molar-refractivity contribution is -0.119. The van der Waals surface area contributed by atoms with Gasteiger partial charge in [-0.15, -0.1) is 11.3 Å². The Labute approximate surface area is 211 Å². The number of anilines is 2. The van der Waals surface area contributed by atoms with Gasteiger partial charge in [-0.1, -0.05) is 12.1 Å². The predicted octanol–water partition coefficient (Wildman–Crippen LogP) is 4.54. The molecule has 1 amide bonds. The molecule has 3 aromatic rings. The van der Waals surface area contributed by atoms with E-state index in [0.29, 0.717) is 10.6 Å². The van der Waals surface area contributed by atoms with Crippen LogP contribution in [0.1, 0.15) is 44.8 Å². The molecule has 0 radical (unpaired) electrons. The summed E-state index contributed by atoms with van der Waals surface area (Å²) in [6.45, 7) is 0.836. The van der Waals surface area contributed by atoms with Gasteiger partial charge in [0, 0.05) is 4.88 Å². The zero-order chi connectivity index (χ0) is 25.9. The Hall–Kier alpha value is -3.75. The van der Waals surface area contributed by atoms with Crippen molar-refractivity contribution in [3.05, 3.63) is 75.4 Å². The lowest BCUT2D eigenvalue weighted by Crippen LogP contribution is -2.22. The molecule has 0 spiro atoms. The first-order valence-corrected chi connectivity index (χ1v) is 13.4. The number of halogens is 1. The van der Waals surface area contributed by atoms with Gasteiger partial charge in [-0.3, -0.25) is 9.52 Å².